The van der Waals surface area contributed by atoms with Gasteiger partial charge in [-0.05, 0) is 17.8 Å². The predicted octanol–water partition coefficient (Wildman–Crippen LogP) is 1.91. The molecule has 0 aromatic carbocycles. The molecule has 0 aromatic heterocycles. The lowest BCUT2D eigenvalue weighted by Gasteiger charge is -2.32. The van der Waals surface area contributed by atoms with Crippen LogP contribution in [0.1, 0.15) is 34.6 Å². The number of piperazine rings is 1. The molecule has 17 heavy (non-hydrogen) atoms. The zero-order valence-corrected chi connectivity index (χ0v) is 12.4. The Bertz CT molecular complexity index is 301. The van der Waals surface area contributed by atoms with E-state index in [1.54, 1.807) is 0 Å². The predicted molar refractivity (Wildman–Crippen MR) is 72.3 cm³/mol. The van der Waals surface area contributed by atoms with E-state index in [2.05, 4.69) is 39.9 Å². The van der Waals surface area contributed by atoms with Gasteiger partial charge in [-0.2, -0.15) is 0 Å². The van der Waals surface area contributed by atoms with Gasteiger partial charge in [0.25, 0.3) is 0 Å². The second-order valence-electron chi connectivity index (χ2n) is 6.52. The first kappa shape index (κ1) is 14.8. The molecule has 1 heterocycles. The van der Waals surface area contributed by atoms with Gasteiger partial charge in [-0.3, -0.25) is 4.79 Å². The molecule has 2 fully saturated rings. The SMILES string of the molecule is C[C@@H]1CN(C(=O)C2C(C)(C)C2(C)C)CCN1.Cl. The molecule has 1 atom stereocenters. The molecule has 0 radical (unpaired) electrons. The number of hydrogen-bond donors (Lipinski definition) is 1. The van der Waals surface area contributed by atoms with Crippen molar-refractivity contribution in [1.82, 2.24) is 10.2 Å². The summed E-state index contributed by atoms with van der Waals surface area (Å²) in [5.74, 6) is 0.577. The van der Waals surface area contributed by atoms with Crippen LogP contribution in [0.15, 0.2) is 0 Å². The van der Waals surface area contributed by atoms with E-state index < -0.39 is 0 Å². The Morgan fingerprint density at radius 2 is 1.76 bits per heavy atom. The Kier molecular flexibility index (Phi) is 3.85. The van der Waals surface area contributed by atoms with Gasteiger partial charge < -0.3 is 10.2 Å². The number of halogens is 1. The van der Waals surface area contributed by atoms with Crippen LogP contribution < -0.4 is 5.32 Å². The molecule has 0 unspecified atom stereocenters. The fourth-order valence-corrected chi connectivity index (χ4v) is 3.13. The summed E-state index contributed by atoms with van der Waals surface area (Å²) in [5, 5.41) is 3.37. The molecule has 100 valence electrons. The third-order valence-corrected chi connectivity index (χ3v) is 4.95. The Balaban J connectivity index is 0.00000144. The molecular weight excluding hydrogens is 236 g/mol. The smallest absolute Gasteiger partial charge is 0.226 e. The summed E-state index contributed by atoms with van der Waals surface area (Å²) in [6, 6.07) is 0.433. The van der Waals surface area contributed by atoms with E-state index in [0.29, 0.717) is 11.9 Å². The Morgan fingerprint density at radius 1 is 1.24 bits per heavy atom. The first-order valence-electron chi connectivity index (χ1n) is 6.30. The van der Waals surface area contributed by atoms with Crippen molar-refractivity contribution in [1.29, 1.82) is 0 Å². The topological polar surface area (TPSA) is 32.3 Å². The fraction of sp³-hybridized carbons (Fsp3) is 0.923. The maximum Gasteiger partial charge on any atom is 0.226 e. The van der Waals surface area contributed by atoms with Gasteiger partial charge in [0.15, 0.2) is 0 Å². The summed E-state index contributed by atoms with van der Waals surface area (Å²) in [5.41, 5.74) is 0.330. The van der Waals surface area contributed by atoms with Crippen molar-refractivity contribution in [3.8, 4) is 0 Å². The highest BCUT2D eigenvalue weighted by Crippen LogP contribution is 2.68. The van der Waals surface area contributed by atoms with E-state index in [1.807, 2.05) is 4.90 Å². The Hall–Kier alpha value is -0.280. The maximum absolute atomic E-state index is 12.4. The number of rotatable bonds is 1. The van der Waals surface area contributed by atoms with E-state index in [-0.39, 0.29) is 29.2 Å². The average Bonchev–Trinajstić information content (AvgIpc) is 2.56. The molecule has 1 saturated heterocycles. The Morgan fingerprint density at radius 3 is 2.18 bits per heavy atom. The molecule has 1 aliphatic heterocycles. The van der Waals surface area contributed by atoms with Crippen molar-refractivity contribution in [3.63, 3.8) is 0 Å². The van der Waals surface area contributed by atoms with Gasteiger partial charge in [-0.1, -0.05) is 27.7 Å². The monoisotopic (exact) mass is 260 g/mol. The lowest BCUT2D eigenvalue weighted by atomic mass is 10.0. The standard InChI is InChI=1S/C13H24N2O.ClH/c1-9-8-15(7-6-14-9)11(16)10-12(2,3)13(10,4)5;/h9-10,14H,6-8H2,1-5H3;1H/t9-;/m1./s1. The van der Waals surface area contributed by atoms with Gasteiger partial charge >= 0.3 is 0 Å². The molecule has 3 nitrogen and oxygen atoms in total. The lowest BCUT2D eigenvalue weighted by Crippen LogP contribution is -2.52. The van der Waals surface area contributed by atoms with Crippen LogP contribution in [0.4, 0.5) is 0 Å². The molecule has 2 aliphatic rings. The summed E-state index contributed by atoms with van der Waals surface area (Å²) in [6.07, 6.45) is 0. The summed E-state index contributed by atoms with van der Waals surface area (Å²) >= 11 is 0. The summed E-state index contributed by atoms with van der Waals surface area (Å²) in [7, 11) is 0. The number of carbonyl (C=O) groups is 1. The highest BCUT2D eigenvalue weighted by molar-refractivity contribution is 5.85. The third-order valence-electron chi connectivity index (χ3n) is 4.95. The fourth-order valence-electron chi connectivity index (χ4n) is 3.13. The van der Waals surface area contributed by atoms with Crippen LogP contribution in [-0.2, 0) is 4.79 Å². The van der Waals surface area contributed by atoms with Crippen LogP contribution in [0.3, 0.4) is 0 Å². The number of hydrogen-bond acceptors (Lipinski definition) is 2. The first-order valence-corrected chi connectivity index (χ1v) is 6.30. The largest absolute Gasteiger partial charge is 0.340 e. The van der Waals surface area contributed by atoms with Crippen molar-refractivity contribution < 1.29 is 4.79 Å². The molecule has 4 heteroatoms. The maximum atomic E-state index is 12.4. The average molecular weight is 261 g/mol. The minimum atomic E-state index is 0. The highest BCUT2D eigenvalue weighted by Gasteiger charge is 2.68. The van der Waals surface area contributed by atoms with E-state index in [4.69, 9.17) is 0 Å². The number of carbonyl (C=O) groups excluding carboxylic acids is 1. The quantitative estimate of drug-likeness (QED) is 0.781. The van der Waals surface area contributed by atoms with E-state index >= 15 is 0 Å². The highest BCUT2D eigenvalue weighted by atomic mass is 35.5. The van der Waals surface area contributed by atoms with Crippen molar-refractivity contribution in [2.75, 3.05) is 19.6 Å². The van der Waals surface area contributed by atoms with Crippen molar-refractivity contribution in [3.05, 3.63) is 0 Å². The number of nitrogens with one attached hydrogen (secondary N) is 1. The molecular formula is C13H25ClN2O. The van der Waals surface area contributed by atoms with Gasteiger partial charge in [0.05, 0.1) is 0 Å². The van der Waals surface area contributed by atoms with E-state index in [0.717, 1.165) is 19.6 Å². The molecule has 0 spiro atoms. The summed E-state index contributed by atoms with van der Waals surface area (Å²) in [6.45, 7) is 13.6. The van der Waals surface area contributed by atoms with Crippen molar-refractivity contribution in [2.45, 2.75) is 40.7 Å². The first-order chi connectivity index (χ1) is 7.28. The molecule has 1 amide bonds. The van der Waals surface area contributed by atoms with Crippen LogP contribution in [0.5, 0.6) is 0 Å². The minimum absolute atomic E-state index is 0. The second-order valence-corrected chi connectivity index (χ2v) is 6.52. The number of nitrogens with zero attached hydrogens (tertiary/aromatic N) is 1. The zero-order valence-electron chi connectivity index (χ0n) is 11.5. The van der Waals surface area contributed by atoms with E-state index in [9.17, 15) is 4.79 Å². The lowest BCUT2D eigenvalue weighted by molar-refractivity contribution is -0.135. The molecule has 1 saturated carbocycles. The minimum Gasteiger partial charge on any atom is -0.340 e. The summed E-state index contributed by atoms with van der Waals surface area (Å²) < 4.78 is 0. The van der Waals surface area contributed by atoms with Crippen LogP contribution in [0, 0.1) is 16.7 Å². The van der Waals surface area contributed by atoms with Crippen LogP contribution >= 0.6 is 12.4 Å². The second kappa shape index (κ2) is 4.43. The van der Waals surface area contributed by atoms with Crippen LogP contribution in [0.2, 0.25) is 0 Å². The van der Waals surface area contributed by atoms with Gasteiger partial charge in [0, 0.05) is 31.6 Å². The molecule has 1 N–H and O–H groups in total. The third kappa shape index (κ3) is 2.19. The normalized spacial score (nSPS) is 30.6. The van der Waals surface area contributed by atoms with Crippen molar-refractivity contribution >= 4 is 18.3 Å². The molecule has 0 aromatic rings. The van der Waals surface area contributed by atoms with Gasteiger partial charge in [-0.15, -0.1) is 12.4 Å². The summed E-state index contributed by atoms with van der Waals surface area (Å²) in [4.78, 5) is 14.5. The zero-order chi connectivity index (χ0) is 12.1. The van der Waals surface area contributed by atoms with Crippen LogP contribution in [-0.4, -0.2) is 36.5 Å². The molecule has 0 bridgehead atoms. The van der Waals surface area contributed by atoms with Gasteiger partial charge in [-0.25, -0.2) is 0 Å². The molecule has 2 rings (SSSR count). The molecule has 1 aliphatic carbocycles. The van der Waals surface area contributed by atoms with Crippen LogP contribution in [0.25, 0.3) is 0 Å². The van der Waals surface area contributed by atoms with Crippen molar-refractivity contribution in [2.24, 2.45) is 16.7 Å². The number of amides is 1. The Labute approximate surface area is 111 Å². The van der Waals surface area contributed by atoms with Gasteiger partial charge in [0.1, 0.15) is 0 Å². The van der Waals surface area contributed by atoms with E-state index in [1.165, 1.54) is 0 Å². The van der Waals surface area contributed by atoms with Gasteiger partial charge in [0.2, 0.25) is 5.91 Å².